The summed E-state index contributed by atoms with van der Waals surface area (Å²) < 4.78 is 5.37. The Bertz CT molecular complexity index is 403. The zero-order chi connectivity index (χ0) is 13.7. The molecule has 1 atom stereocenters. The highest BCUT2D eigenvalue weighted by molar-refractivity contribution is 5.75. The molecule has 0 amide bonds. The Hall–Kier alpha value is -1.39. The van der Waals surface area contributed by atoms with Crippen molar-refractivity contribution in [2.45, 2.75) is 33.3 Å². The molecule has 18 heavy (non-hydrogen) atoms. The molecule has 0 radical (unpaired) electrons. The Morgan fingerprint density at radius 3 is 2.28 bits per heavy atom. The van der Waals surface area contributed by atoms with Gasteiger partial charge in [0.1, 0.15) is 0 Å². The minimum absolute atomic E-state index is 0.00178. The van der Waals surface area contributed by atoms with Crippen molar-refractivity contribution in [2.75, 3.05) is 13.2 Å². The van der Waals surface area contributed by atoms with Crippen LogP contribution in [0.3, 0.4) is 0 Å². The third-order valence-corrected chi connectivity index (χ3v) is 2.81. The standard InChI is InChI=1S/C14H20O4/c1-9-7-10(2)12(11(3)8-9)13(14(16)17)18-6-4-5-15/h7-8,13,15H,4-6H2,1-3H3,(H,16,17). The lowest BCUT2D eigenvalue weighted by molar-refractivity contribution is -0.151. The van der Waals surface area contributed by atoms with E-state index < -0.39 is 12.1 Å². The Balaban J connectivity index is 3.02. The maximum Gasteiger partial charge on any atom is 0.337 e. The minimum atomic E-state index is -0.997. The van der Waals surface area contributed by atoms with Crippen molar-refractivity contribution < 1.29 is 19.7 Å². The SMILES string of the molecule is Cc1cc(C)c(C(OCCCO)C(=O)O)c(C)c1. The van der Waals surface area contributed by atoms with Crippen molar-refractivity contribution in [1.82, 2.24) is 0 Å². The van der Waals surface area contributed by atoms with Crippen LogP contribution in [-0.4, -0.2) is 29.4 Å². The lowest BCUT2D eigenvalue weighted by Gasteiger charge is -2.19. The summed E-state index contributed by atoms with van der Waals surface area (Å²) >= 11 is 0. The number of ether oxygens (including phenoxy) is 1. The van der Waals surface area contributed by atoms with E-state index in [4.69, 9.17) is 9.84 Å². The first-order valence-electron chi connectivity index (χ1n) is 6.00. The van der Waals surface area contributed by atoms with E-state index in [1.807, 2.05) is 32.9 Å². The highest BCUT2D eigenvalue weighted by Crippen LogP contribution is 2.26. The highest BCUT2D eigenvalue weighted by Gasteiger charge is 2.24. The topological polar surface area (TPSA) is 66.8 Å². The average molecular weight is 252 g/mol. The molecule has 4 nitrogen and oxygen atoms in total. The van der Waals surface area contributed by atoms with Crippen molar-refractivity contribution in [3.63, 3.8) is 0 Å². The largest absolute Gasteiger partial charge is 0.479 e. The molecule has 0 spiro atoms. The molecule has 0 aromatic heterocycles. The Morgan fingerprint density at radius 1 is 1.28 bits per heavy atom. The molecule has 0 aliphatic rings. The summed E-state index contributed by atoms with van der Waals surface area (Å²) in [6, 6.07) is 3.90. The maximum atomic E-state index is 11.3. The van der Waals surface area contributed by atoms with E-state index in [1.54, 1.807) is 0 Å². The lowest BCUT2D eigenvalue weighted by Crippen LogP contribution is -2.19. The van der Waals surface area contributed by atoms with Gasteiger partial charge in [-0.05, 0) is 43.9 Å². The number of aliphatic hydroxyl groups is 1. The number of aliphatic carboxylic acids is 1. The Kier molecular flexibility index (Phi) is 5.31. The number of rotatable bonds is 6. The maximum absolute atomic E-state index is 11.3. The van der Waals surface area contributed by atoms with Gasteiger partial charge in [-0.15, -0.1) is 0 Å². The summed E-state index contributed by atoms with van der Waals surface area (Å²) in [4.78, 5) is 11.3. The number of aliphatic hydroxyl groups excluding tert-OH is 1. The van der Waals surface area contributed by atoms with Gasteiger partial charge in [0.15, 0.2) is 6.10 Å². The van der Waals surface area contributed by atoms with Crippen molar-refractivity contribution in [3.8, 4) is 0 Å². The van der Waals surface area contributed by atoms with Crippen molar-refractivity contribution in [3.05, 3.63) is 34.4 Å². The monoisotopic (exact) mass is 252 g/mol. The van der Waals surface area contributed by atoms with Gasteiger partial charge >= 0.3 is 5.97 Å². The van der Waals surface area contributed by atoms with E-state index in [1.165, 1.54) is 0 Å². The van der Waals surface area contributed by atoms with Crippen LogP contribution in [0.1, 0.15) is 34.8 Å². The highest BCUT2D eigenvalue weighted by atomic mass is 16.5. The second kappa shape index (κ2) is 6.52. The molecule has 0 heterocycles. The Morgan fingerprint density at radius 2 is 1.83 bits per heavy atom. The summed E-state index contributed by atoms with van der Waals surface area (Å²) in [5.74, 6) is -0.997. The van der Waals surface area contributed by atoms with Gasteiger partial charge in [0.2, 0.25) is 0 Å². The van der Waals surface area contributed by atoms with Gasteiger partial charge in [0.05, 0.1) is 6.61 Å². The van der Waals surface area contributed by atoms with Crippen LogP contribution in [0.5, 0.6) is 0 Å². The molecule has 2 N–H and O–H groups in total. The zero-order valence-electron chi connectivity index (χ0n) is 11.1. The molecule has 1 rings (SSSR count). The Labute approximate surface area is 107 Å². The fraction of sp³-hybridized carbons (Fsp3) is 0.500. The second-order valence-electron chi connectivity index (χ2n) is 4.48. The number of benzene rings is 1. The van der Waals surface area contributed by atoms with E-state index in [0.717, 1.165) is 16.7 Å². The summed E-state index contributed by atoms with van der Waals surface area (Å²) in [6.07, 6.45) is -0.523. The van der Waals surface area contributed by atoms with Crippen LogP contribution in [-0.2, 0) is 9.53 Å². The van der Waals surface area contributed by atoms with Crippen LogP contribution in [0.2, 0.25) is 0 Å². The predicted molar refractivity (Wildman–Crippen MR) is 68.7 cm³/mol. The smallest absolute Gasteiger partial charge is 0.337 e. The van der Waals surface area contributed by atoms with Gasteiger partial charge < -0.3 is 14.9 Å². The summed E-state index contributed by atoms with van der Waals surface area (Å²) in [7, 11) is 0. The molecular formula is C14H20O4. The van der Waals surface area contributed by atoms with Gasteiger partial charge in [-0.1, -0.05) is 17.7 Å². The number of carboxylic acid groups (broad SMARTS) is 1. The number of aryl methyl sites for hydroxylation is 3. The van der Waals surface area contributed by atoms with E-state index >= 15 is 0 Å². The normalized spacial score (nSPS) is 12.4. The van der Waals surface area contributed by atoms with Gasteiger partial charge in [-0.2, -0.15) is 0 Å². The van der Waals surface area contributed by atoms with E-state index in [0.29, 0.717) is 12.0 Å². The van der Waals surface area contributed by atoms with Crippen LogP contribution >= 0.6 is 0 Å². The molecule has 100 valence electrons. The van der Waals surface area contributed by atoms with E-state index in [2.05, 4.69) is 0 Å². The molecule has 0 bridgehead atoms. The molecular weight excluding hydrogens is 232 g/mol. The molecule has 4 heteroatoms. The first-order valence-corrected chi connectivity index (χ1v) is 6.00. The third-order valence-electron chi connectivity index (χ3n) is 2.81. The summed E-state index contributed by atoms with van der Waals surface area (Å²) in [5, 5.41) is 18.0. The first kappa shape index (κ1) is 14.7. The molecule has 1 aromatic rings. The van der Waals surface area contributed by atoms with Gasteiger partial charge in [0, 0.05) is 6.61 Å². The number of carboxylic acids is 1. The quantitative estimate of drug-likeness (QED) is 0.761. The molecule has 0 saturated carbocycles. The van der Waals surface area contributed by atoms with Crippen LogP contribution in [0.4, 0.5) is 0 Å². The molecule has 0 fully saturated rings. The van der Waals surface area contributed by atoms with Gasteiger partial charge in [-0.25, -0.2) is 4.79 Å². The minimum Gasteiger partial charge on any atom is -0.479 e. The average Bonchev–Trinajstić information content (AvgIpc) is 2.25. The van der Waals surface area contributed by atoms with Crippen LogP contribution in [0.25, 0.3) is 0 Å². The van der Waals surface area contributed by atoms with Crippen LogP contribution in [0.15, 0.2) is 12.1 Å². The summed E-state index contributed by atoms with van der Waals surface area (Å²) in [5.41, 5.74) is 3.66. The van der Waals surface area contributed by atoms with Crippen LogP contribution < -0.4 is 0 Å². The molecule has 1 aromatic carbocycles. The predicted octanol–water partition coefficient (Wildman–Crippen LogP) is 2.14. The van der Waals surface area contributed by atoms with Crippen LogP contribution in [0, 0.1) is 20.8 Å². The van der Waals surface area contributed by atoms with Crippen molar-refractivity contribution in [1.29, 1.82) is 0 Å². The lowest BCUT2D eigenvalue weighted by atomic mass is 9.95. The van der Waals surface area contributed by atoms with E-state index in [9.17, 15) is 9.90 Å². The van der Waals surface area contributed by atoms with Crippen molar-refractivity contribution >= 4 is 5.97 Å². The third kappa shape index (κ3) is 3.55. The number of carbonyl (C=O) groups is 1. The number of hydrogen-bond donors (Lipinski definition) is 2. The fourth-order valence-corrected chi connectivity index (χ4v) is 2.15. The van der Waals surface area contributed by atoms with Crippen molar-refractivity contribution in [2.24, 2.45) is 0 Å². The second-order valence-corrected chi connectivity index (χ2v) is 4.48. The fourth-order valence-electron chi connectivity index (χ4n) is 2.15. The van der Waals surface area contributed by atoms with Gasteiger partial charge in [-0.3, -0.25) is 0 Å². The first-order chi connectivity index (χ1) is 8.47. The van der Waals surface area contributed by atoms with E-state index in [-0.39, 0.29) is 13.2 Å². The molecule has 0 aliphatic carbocycles. The zero-order valence-corrected chi connectivity index (χ0v) is 11.1. The molecule has 0 aliphatic heterocycles. The number of hydrogen-bond acceptors (Lipinski definition) is 3. The molecule has 0 saturated heterocycles. The van der Waals surface area contributed by atoms with Gasteiger partial charge in [0.25, 0.3) is 0 Å². The summed E-state index contributed by atoms with van der Waals surface area (Å²) in [6.45, 7) is 5.99. The molecule has 1 unspecified atom stereocenters.